The predicted octanol–water partition coefficient (Wildman–Crippen LogP) is 24.0. The molecule has 2 saturated heterocycles. The second-order valence-electron chi connectivity index (χ2n) is 46.1. The predicted molar refractivity (Wildman–Crippen MR) is 538 cm³/mol. The molecule has 13 fully saturated rings. The fourth-order valence-corrected chi connectivity index (χ4v) is 21.6. The van der Waals surface area contributed by atoms with Gasteiger partial charge in [0.1, 0.15) is 10.4 Å². The van der Waals surface area contributed by atoms with Crippen molar-refractivity contribution >= 4 is 153 Å². The third-order valence-corrected chi connectivity index (χ3v) is 31.5. The van der Waals surface area contributed by atoms with Gasteiger partial charge >= 0.3 is 59.7 Å². The lowest BCUT2D eigenvalue weighted by molar-refractivity contribution is -0.151. The van der Waals surface area contributed by atoms with Crippen LogP contribution in [-0.2, 0) is 105 Å². The highest BCUT2D eigenvalue weighted by Gasteiger charge is 2.82. The molecular weight excluding hydrogens is 1900 g/mol. The number of Topliss-reactive ketones (excluding diaryl/α,β-unsaturated/α-hetero) is 1. The van der Waals surface area contributed by atoms with E-state index in [4.69, 9.17) is 133 Å². The molecular formula is C107H162Cl7NO22. The Balaban J connectivity index is 0.000000273. The van der Waals surface area contributed by atoms with Crippen molar-refractivity contribution in [3.63, 3.8) is 0 Å². The van der Waals surface area contributed by atoms with Crippen molar-refractivity contribution in [2.24, 2.45) is 142 Å². The molecule has 2 heterocycles. The highest BCUT2D eigenvalue weighted by atomic mass is 35.5. The summed E-state index contributed by atoms with van der Waals surface area (Å²) in [7, 11) is 1.74. The van der Waals surface area contributed by atoms with Crippen molar-refractivity contribution < 1.29 is 105 Å². The molecule has 0 aromatic heterocycles. The summed E-state index contributed by atoms with van der Waals surface area (Å²) in [4.78, 5) is 132. The summed E-state index contributed by atoms with van der Waals surface area (Å²) in [5.74, 6) is 1.21. The smallest absolute Gasteiger partial charge is 0.333 e. The number of allylic oxidation sites excluding steroid dienone is 4. The third kappa shape index (κ3) is 30.3. The van der Waals surface area contributed by atoms with Crippen molar-refractivity contribution in [3.05, 3.63) is 50.7 Å². The molecule has 15 atom stereocenters. The van der Waals surface area contributed by atoms with E-state index >= 15 is 0 Å². The zero-order valence-electron chi connectivity index (χ0n) is 89.0. The first-order valence-electron chi connectivity index (χ1n) is 48.8. The van der Waals surface area contributed by atoms with E-state index in [-0.39, 0.29) is 251 Å². The van der Waals surface area contributed by atoms with E-state index < -0.39 is 20.6 Å². The van der Waals surface area contributed by atoms with Crippen LogP contribution in [0.5, 0.6) is 0 Å². The lowest BCUT2D eigenvalue weighted by Gasteiger charge is -2.27. The summed E-state index contributed by atoms with van der Waals surface area (Å²) < 4.78 is 54.7. The number of hydrogen-bond donors (Lipinski definition) is 0. The largest absolute Gasteiger partial charge is 0.463 e. The molecule has 23 nitrogen and oxygen atoms in total. The second-order valence-corrected chi connectivity index (χ2v) is 50.1. The van der Waals surface area contributed by atoms with Crippen LogP contribution in [0.3, 0.4) is 0 Å². The topological polar surface area (TPSA) is 305 Å². The molecule has 0 aromatic rings. The summed E-state index contributed by atoms with van der Waals surface area (Å²) in [6.45, 7) is 74.5. The van der Waals surface area contributed by atoms with Crippen molar-refractivity contribution in [1.82, 2.24) is 0 Å². The number of carbonyl (C=O) groups is 11. The number of ether oxygens (including phenoxy) is 11. The Morgan fingerprint density at radius 3 is 1.15 bits per heavy atom. The van der Waals surface area contributed by atoms with Crippen LogP contribution in [0.1, 0.15) is 308 Å². The molecule has 13 rings (SSSR count). The van der Waals surface area contributed by atoms with Gasteiger partial charge in [-0.2, -0.15) is 0 Å². The summed E-state index contributed by atoms with van der Waals surface area (Å²) in [6, 6.07) is 0. The number of carbonyl (C=O) groups excluding carboxylic acids is 11. The lowest BCUT2D eigenvalue weighted by Crippen LogP contribution is -2.22. The maximum Gasteiger partial charge on any atom is 0.333 e. The van der Waals surface area contributed by atoms with Crippen molar-refractivity contribution in [2.75, 3.05) is 13.7 Å². The van der Waals surface area contributed by atoms with E-state index in [0.717, 1.165) is 29.6 Å². The first-order chi connectivity index (χ1) is 62.4. The maximum atomic E-state index is 11.9. The molecule has 11 aliphatic carbocycles. The number of alkyl halides is 4. The normalized spacial score (nSPS) is 29.2. The van der Waals surface area contributed by atoms with Crippen LogP contribution in [-0.4, -0.2) is 161 Å². The fourth-order valence-electron chi connectivity index (χ4n) is 19.8. The summed E-state index contributed by atoms with van der Waals surface area (Å²) in [5.41, 5.74) is 7.25. The fraction of sp³-hybridized carbons (Fsp3) is 0.785. The first kappa shape index (κ1) is 122. The van der Waals surface area contributed by atoms with Gasteiger partial charge in [-0.25, -0.2) is 4.79 Å². The van der Waals surface area contributed by atoms with Gasteiger partial charge in [-0.05, 0) is 287 Å². The lowest BCUT2D eigenvalue weighted by atomic mass is 9.78. The van der Waals surface area contributed by atoms with Gasteiger partial charge in [0.15, 0.2) is 14.4 Å². The molecule has 13 aliphatic rings. The zero-order valence-corrected chi connectivity index (χ0v) is 94.3. The molecule has 0 bridgehead atoms. The molecule has 0 amide bonds. The Hall–Kier alpha value is -5.67. The monoisotopic (exact) mass is 2060 g/mol. The van der Waals surface area contributed by atoms with Crippen LogP contribution >= 0.6 is 81.2 Å². The van der Waals surface area contributed by atoms with Crippen molar-refractivity contribution in [3.8, 4) is 11.3 Å². The van der Waals surface area contributed by atoms with E-state index in [1.54, 1.807) is 33.9 Å². The molecule has 11 saturated carbocycles. The molecule has 30 heteroatoms. The Bertz CT molecular complexity index is 4510. The van der Waals surface area contributed by atoms with Gasteiger partial charge in [0.05, 0.1) is 121 Å². The minimum atomic E-state index is -1.43. The molecule has 0 N–H and O–H groups in total. The molecule has 15 unspecified atom stereocenters. The number of epoxide rings is 1. The van der Waals surface area contributed by atoms with E-state index in [0.29, 0.717) is 36.4 Å². The van der Waals surface area contributed by atoms with Gasteiger partial charge in [0, 0.05) is 53.8 Å². The van der Waals surface area contributed by atoms with Crippen LogP contribution < -0.4 is 0 Å². The molecule has 137 heavy (non-hydrogen) atoms. The SMILES string of the molecule is CC(C)=C=C1C(C(=O)OC(C)C)C1(C)C.CC(C)OC(=O)C1C(C#CCl)C1(C)C.CC(C)OC(=O)C1C(C)(C)C12CC2.CC(C)OC(=O)C1C(C2OC2(C)C)C1(C)C.CC(C)OC(=O)C1C(C=C(Cl)Cl)C12CCC2.CC(C)OC(=O)C1C(C=C2CCOC2=O)C1(C)C.CC(C)OC(=O)C1C(Cl)(Cl)C1(Cl)Cl.CCC(=CC1C(C(=O)OC(C)C)C1(C)C)C(C)=O.CN=CC1C(C(=O)OC(C)C)C1(C)C. The van der Waals surface area contributed by atoms with Crippen LogP contribution in [0.2, 0.25) is 0 Å². The quantitative estimate of drug-likeness (QED) is 0.0120. The Morgan fingerprint density at radius 2 is 0.825 bits per heavy atom. The number of ketones is 1. The molecule has 776 valence electrons. The number of aliphatic imine (C=N–C) groups is 1. The van der Waals surface area contributed by atoms with Crippen LogP contribution in [0.25, 0.3) is 0 Å². The minimum Gasteiger partial charge on any atom is -0.463 e. The van der Waals surface area contributed by atoms with Gasteiger partial charge in [-0.1, -0.05) is 198 Å². The highest BCUT2D eigenvalue weighted by Crippen LogP contribution is 2.83. The number of esters is 10. The highest BCUT2D eigenvalue weighted by molar-refractivity contribution is 6.69. The zero-order chi connectivity index (χ0) is 106. The molecule has 0 radical (unpaired) electrons. The van der Waals surface area contributed by atoms with Crippen molar-refractivity contribution in [2.45, 2.75) is 383 Å². The van der Waals surface area contributed by atoms with Gasteiger partial charge < -0.3 is 57.1 Å². The van der Waals surface area contributed by atoms with Crippen LogP contribution in [0.4, 0.5) is 0 Å². The van der Waals surface area contributed by atoms with Gasteiger partial charge in [-0.3, -0.25) is 47.9 Å². The summed E-state index contributed by atoms with van der Waals surface area (Å²) in [6.07, 6.45) is 14.3. The average molecular weight is 2060 g/mol. The number of halogens is 7. The van der Waals surface area contributed by atoms with E-state index in [9.17, 15) is 52.7 Å². The Kier molecular flexibility index (Phi) is 41.4. The Labute approximate surface area is 853 Å². The van der Waals surface area contributed by atoms with Crippen LogP contribution in [0.15, 0.2) is 55.7 Å². The summed E-state index contributed by atoms with van der Waals surface area (Å²) >= 11 is 39.4. The molecule has 2 aliphatic heterocycles. The van der Waals surface area contributed by atoms with E-state index in [1.165, 1.54) is 19.3 Å². The maximum absolute atomic E-state index is 11.9. The minimum absolute atomic E-state index is 0.00593. The second kappa shape index (κ2) is 46.6. The summed E-state index contributed by atoms with van der Waals surface area (Å²) in [5, 5.41) is 2.34. The number of cyclic esters (lactones) is 1. The van der Waals surface area contributed by atoms with Gasteiger partial charge in [-0.15, -0.1) is 5.73 Å². The van der Waals surface area contributed by atoms with Gasteiger partial charge in [0.25, 0.3) is 0 Å². The Morgan fingerprint density at radius 1 is 0.460 bits per heavy atom. The number of nitrogens with zero attached hydrogens (tertiary/aromatic N) is 1. The molecule has 0 aromatic carbocycles. The number of hydrogen-bond acceptors (Lipinski definition) is 23. The molecule has 2 spiro atoms. The van der Waals surface area contributed by atoms with Crippen molar-refractivity contribution in [1.29, 1.82) is 0 Å². The third-order valence-electron chi connectivity index (χ3n) is 28.7. The number of rotatable bonds is 25. The van der Waals surface area contributed by atoms with E-state index in [1.807, 2.05) is 191 Å². The van der Waals surface area contributed by atoms with Gasteiger partial charge in [0.2, 0.25) is 0 Å². The standard InChI is InChI=1S/C15H24O3.C14H20O4.C13H22O3.C13H20O2.C12H16Cl2O2.C11H15ClO2.C11H19NO2.C11H18O2.C7H8Cl4O2/c1-7-11(10(4)16)8-12-13(15(12,5)6)14(17)18-9(2)3;1-8(2)18-13(16)11-10(14(11,3)4)7-9-5-6-17-12(9)15;1-7(2)15-11(14)9-8(12(9,3)4)10-13(5,6)16-10;1-8(2)7-10-11(13(10,5)6)12(14)15-9(3)4;1-7(2)16-11(15)10-8(6-9(13)14)12(10)4-3-5-12;1-7(2)14-10(13)9-8(5-6-12)11(9,3)4;1-7(2)14-10(13)9-8(6-12-5)11(9,3)4;1-7(2)13-9(12)8-10(3,4)11(8)5-6-11;1-3(2)13-5(12)4-6(8,9)7(4,10)11/h8-9,12-13H,7H2,1-6H3;7-8,10-11H,5-6H2,1-4H3;7-10H,1-6H3;9,11H,1-6H3;6-8,10H,3-5H2,1-2H3;7-9H,1-4H3;6-9H,1-5H3;7-8H,5-6H2,1-4H3;3-4H,1-2H3. The van der Waals surface area contributed by atoms with Crippen LogP contribution in [0, 0.1) is 149 Å². The average Bonchev–Trinajstić information content (AvgIpc) is 1.47. The first-order valence-corrected chi connectivity index (χ1v) is 51.4. The van der Waals surface area contributed by atoms with E-state index in [2.05, 4.69) is 91.3 Å².